The first-order valence-corrected chi connectivity index (χ1v) is 9.30. The molecule has 0 heterocycles. The highest BCUT2D eigenvalue weighted by Crippen LogP contribution is 2.30. The van der Waals surface area contributed by atoms with E-state index in [1.165, 1.54) is 0 Å². The Morgan fingerprint density at radius 1 is 1.15 bits per heavy atom. The van der Waals surface area contributed by atoms with E-state index in [1.807, 2.05) is 56.3 Å². The Balaban J connectivity index is 1.55. The predicted molar refractivity (Wildman–Crippen MR) is 106 cm³/mol. The summed E-state index contributed by atoms with van der Waals surface area (Å²) in [5.74, 6) is 1.03. The van der Waals surface area contributed by atoms with Crippen molar-refractivity contribution in [3.63, 3.8) is 0 Å². The second-order valence-electron chi connectivity index (χ2n) is 7.16. The molecule has 2 amide bonds. The molecule has 1 saturated carbocycles. The lowest BCUT2D eigenvalue weighted by Crippen LogP contribution is -2.28. The maximum atomic E-state index is 12.4. The molecule has 2 aromatic rings. The van der Waals surface area contributed by atoms with E-state index in [2.05, 4.69) is 10.6 Å². The van der Waals surface area contributed by atoms with Gasteiger partial charge in [-0.05, 0) is 61.6 Å². The minimum Gasteiger partial charge on any atom is -0.496 e. The van der Waals surface area contributed by atoms with Crippen molar-refractivity contribution in [1.82, 2.24) is 5.32 Å². The van der Waals surface area contributed by atoms with E-state index < -0.39 is 0 Å². The Morgan fingerprint density at radius 3 is 2.48 bits per heavy atom. The lowest BCUT2D eigenvalue weighted by Gasteiger charge is -2.15. The Kier molecular flexibility index (Phi) is 5.79. The summed E-state index contributed by atoms with van der Waals surface area (Å²) in [5, 5.41) is 5.94. The number of anilines is 1. The van der Waals surface area contributed by atoms with Crippen LogP contribution in [0.25, 0.3) is 0 Å². The number of benzene rings is 2. The molecule has 5 heteroatoms. The average Bonchev–Trinajstić information content (AvgIpc) is 3.49. The Bertz CT molecular complexity index is 826. The van der Waals surface area contributed by atoms with Crippen LogP contribution in [0.15, 0.2) is 42.5 Å². The van der Waals surface area contributed by atoms with Crippen LogP contribution < -0.4 is 15.4 Å². The minimum atomic E-state index is -0.113. The normalized spacial score (nSPS) is 14.3. The highest BCUT2D eigenvalue weighted by Gasteiger charge is 2.29. The standard InChI is InChI=1S/C22H26N2O3/c1-14-4-5-16(12-20(14)27-3)13-21(25)23-15(2)17-8-10-19(11-9-17)24-22(26)18-6-7-18/h4-5,8-12,15,18H,6-7,13H2,1-3H3,(H,23,25)(H,24,26). The number of ether oxygens (including phenoxy) is 1. The maximum absolute atomic E-state index is 12.4. The molecule has 1 aliphatic carbocycles. The summed E-state index contributed by atoms with van der Waals surface area (Å²) in [4.78, 5) is 24.2. The van der Waals surface area contributed by atoms with Gasteiger partial charge in [-0.25, -0.2) is 0 Å². The molecule has 0 radical (unpaired) electrons. The van der Waals surface area contributed by atoms with Gasteiger partial charge in [-0.3, -0.25) is 9.59 Å². The molecule has 0 aliphatic heterocycles. The maximum Gasteiger partial charge on any atom is 0.227 e. The fraction of sp³-hybridized carbons (Fsp3) is 0.364. The van der Waals surface area contributed by atoms with Gasteiger partial charge < -0.3 is 15.4 Å². The van der Waals surface area contributed by atoms with Crippen LogP contribution in [0.2, 0.25) is 0 Å². The largest absolute Gasteiger partial charge is 0.496 e. The molecular formula is C22H26N2O3. The van der Waals surface area contributed by atoms with Crippen LogP contribution in [0.1, 0.15) is 42.5 Å². The molecule has 0 saturated heterocycles. The zero-order chi connectivity index (χ0) is 19.4. The number of rotatable bonds is 7. The molecule has 0 bridgehead atoms. The molecule has 2 N–H and O–H groups in total. The number of aryl methyl sites for hydroxylation is 1. The smallest absolute Gasteiger partial charge is 0.227 e. The molecule has 142 valence electrons. The van der Waals surface area contributed by atoms with Gasteiger partial charge in [0.05, 0.1) is 19.6 Å². The van der Waals surface area contributed by atoms with Gasteiger partial charge in [-0.15, -0.1) is 0 Å². The van der Waals surface area contributed by atoms with Crippen LogP contribution >= 0.6 is 0 Å². The number of carbonyl (C=O) groups excluding carboxylic acids is 2. The van der Waals surface area contributed by atoms with E-state index in [4.69, 9.17) is 4.74 Å². The van der Waals surface area contributed by atoms with Crippen molar-refractivity contribution in [2.45, 2.75) is 39.2 Å². The number of hydrogen-bond donors (Lipinski definition) is 2. The molecule has 1 unspecified atom stereocenters. The quantitative estimate of drug-likeness (QED) is 0.784. The highest BCUT2D eigenvalue weighted by molar-refractivity contribution is 5.94. The van der Waals surface area contributed by atoms with Gasteiger partial charge >= 0.3 is 0 Å². The Labute approximate surface area is 160 Å². The predicted octanol–water partition coefficient (Wildman–Crippen LogP) is 3.77. The molecule has 0 aromatic heterocycles. The molecule has 1 atom stereocenters. The van der Waals surface area contributed by atoms with Crippen molar-refractivity contribution in [3.8, 4) is 5.75 Å². The van der Waals surface area contributed by atoms with Crippen LogP contribution in [0, 0.1) is 12.8 Å². The second-order valence-corrected chi connectivity index (χ2v) is 7.16. The Morgan fingerprint density at radius 2 is 1.85 bits per heavy atom. The summed E-state index contributed by atoms with van der Waals surface area (Å²) >= 11 is 0. The van der Waals surface area contributed by atoms with Gasteiger partial charge in [0.2, 0.25) is 11.8 Å². The molecule has 5 nitrogen and oxygen atoms in total. The third-order valence-electron chi connectivity index (χ3n) is 4.84. The van der Waals surface area contributed by atoms with E-state index in [9.17, 15) is 9.59 Å². The molecule has 0 spiro atoms. The molecule has 2 aromatic carbocycles. The van der Waals surface area contributed by atoms with E-state index in [0.717, 1.165) is 41.0 Å². The molecular weight excluding hydrogens is 340 g/mol. The van der Waals surface area contributed by atoms with Gasteiger partial charge in [0, 0.05) is 11.6 Å². The average molecular weight is 366 g/mol. The van der Waals surface area contributed by atoms with Gasteiger partial charge in [-0.1, -0.05) is 24.3 Å². The summed E-state index contributed by atoms with van der Waals surface area (Å²) in [5.41, 5.74) is 3.75. The first-order chi connectivity index (χ1) is 13.0. The van der Waals surface area contributed by atoms with Crippen molar-refractivity contribution >= 4 is 17.5 Å². The van der Waals surface area contributed by atoms with Crippen LogP contribution in [0.3, 0.4) is 0 Å². The zero-order valence-corrected chi connectivity index (χ0v) is 16.0. The first kappa shape index (κ1) is 19.0. The molecule has 27 heavy (non-hydrogen) atoms. The van der Waals surface area contributed by atoms with Crippen molar-refractivity contribution in [2.24, 2.45) is 5.92 Å². The number of methoxy groups -OCH3 is 1. The van der Waals surface area contributed by atoms with Crippen molar-refractivity contribution in [2.75, 3.05) is 12.4 Å². The van der Waals surface area contributed by atoms with Crippen molar-refractivity contribution in [1.29, 1.82) is 0 Å². The lowest BCUT2D eigenvalue weighted by atomic mass is 10.1. The first-order valence-electron chi connectivity index (χ1n) is 9.30. The highest BCUT2D eigenvalue weighted by atomic mass is 16.5. The van der Waals surface area contributed by atoms with Crippen LogP contribution in [-0.4, -0.2) is 18.9 Å². The fourth-order valence-corrected chi connectivity index (χ4v) is 2.98. The van der Waals surface area contributed by atoms with E-state index in [-0.39, 0.29) is 23.8 Å². The summed E-state index contributed by atoms with van der Waals surface area (Å²) in [6, 6.07) is 13.3. The summed E-state index contributed by atoms with van der Waals surface area (Å²) in [6.45, 7) is 3.92. The van der Waals surface area contributed by atoms with Gasteiger partial charge in [-0.2, -0.15) is 0 Å². The number of nitrogens with one attached hydrogen (secondary N) is 2. The number of carbonyl (C=O) groups is 2. The molecule has 3 rings (SSSR count). The summed E-state index contributed by atoms with van der Waals surface area (Å²) < 4.78 is 5.31. The van der Waals surface area contributed by atoms with Crippen LogP contribution in [0.5, 0.6) is 5.75 Å². The second kappa shape index (κ2) is 8.25. The monoisotopic (exact) mass is 366 g/mol. The van der Waals surface area contributed by atoms with Crippen LogP contribution in [-0.2, 0) is 16.0 Å². The fourth-order valence-electron chi connectivity index (χ4n) is 2.98. The van der Waals surface area contributed by atoms with Crippen molar-refractivity contribution in [3.05, 3.63) is 59.2 Å². The third kappa shape index (κ3) is 5.09. The van der Waals surface area contributed by atoms with E-state index >= 15 is 0 Å². The van der Waals surface area contributed by atoms with Gasteiger partial charge in [0.1, 0.15) is 5.75 Å². The summed E-state index contributed by atoms with van der Waals surface area (Å²) in [6.07, 6.45) is 2.27. The molecule has 1 aliphatic rings. The van der Waals surface area contributed by atoms with E-state index in [0.29, 0.717) is 6.42 Å². The van der Waals surface area contributed by atoms with Gasteiger partial charge in [0.25, 0.3) is 0 Å². The SMILES string of the molecule is COc1cc(CC(=O)NC(C)c2ccc(NC(=O)C3CC3)cc2)ccc1C. The van der Waals surface area contributed by atoms with Crippen molar-refractivity contribution < 1.29 is 14.3 Å². The summed E-state index contributed by atoms with van der Waals surface area (Å²) in [7, 11) is 1.63. The number of hydrogen-bond acceptors (Lipinski definition) is 3. The van der Waals surface area contributed by atoms with Crippen LogP contribution in [0.4, 0.5) is 5.69 Å². The number of amides is 2. The minimum absolute atomic E-state index is 0.0421. The van der Waals surface area contributed by atoms with Gasteiger partial charge in [0.15, 0.2) is 0 Å². The topological polar surface area (TPSA) is 67.4 Å². The Hall–Kier alpha value is -2.82. The molecule has 1 fully saturated rings. The van der Waals surface area contributed by atoms with E-state index in [1.54, 1.807) is 7.11 Å². The third-order valence-corrected chi connectivity index (χ3v) is 4.84. The lowest BCUT2D eigenvalue weighted by molar-refractivity contribution is -0.121. The zero-order valence-electron chi connectivity index (χ0n) is 16.0.